The molecule has 12 heavy (non-hydrogen) atoms. The Bertz CT molecular complexity index is 258. The molecule has 2 rings (SSSR count). The van der Waals surface area contributed by atoms with Crippen LogP contribution in [-0.2, 0) is 4.79 Å². The van der Waals surface area contributed by atoms with Gasteiger partial charge in [0.1, 0.15) is 0 Å². The van der Waals surface area contributed by atoms with Crippen molar-refractivity contribution >= 4 is 5.78 Å². The molecule has 1 heteroatoms. The van der Waals surface area contributed by atoms with Gasteiger partial charge in [-0.15, -0.1) is 0 Å². The maximum atomic E-state index is 11.1. The molecule has 1 nitrogen and oxygen atoms in total. The Kier molecular flexibility index (Phi) is 2.11. The molecule has 0 unspecified atom stereocenters. The number of hydrogen-bond acceptors (Lipinski definition) is 1. The SMILES string of the molecule is O=C1C=C2CCCCCC2=CC1. The molecule has 0 aromatic carbocycles. The van der Waals surface area contributed by atoms with E-state index >= 15 is 0 Å². The van der Waals surface area contributed by atoms with Gasteiger partial charge in [-0.1, -0.05) is 12.5 Å². The third-order valence-corrected chi connectivity index (χ3v) is 2.69. The van der Waals surface area contributed by atoms with E-state index in [1.54, 1.807) is 0 Å². The Balaban J connectivity index is 2.23. The van der Waals surface area contributed by atoms with Crippen molar-refractivity contribution in [3.8, 4) is 0 Å². The molecule has 0 atom stereocenters. The predicted molar refractivity (Wildman–Crippen MR) is 48.9 cm³/mol. The number of carbonyl (C=O) groups excluding carboxylic acids is 1. The summed E-state index contributed by atoms with van der Waals surface area (Å²) in [6, 6.07) is 0. The molecular weight excluding hydrogens is 148 g/mol. The minimum Gasteiger partial charge on any atom is -0.295 e. The highest BCUT2D eigenvalue weighted by Gasteiger charge is 2.14. The van der Waals surface area contributed by atoms with Crippen LogP contribution < -0.4 is 0 Å². The fourth-order valence-corrected chi connectivity index (χ4v) is 2.00. The van der Waals surface area contributed by atoms with Gasteiger partial charge in [0, 0.05) is 6.42 Å². The lowest BCUT2D eigenvalue weighted by atomic mass is 9.94. The maximum absolute atomic E-state index is 11.1. The van der Waals surface area contributed by atoms with Crippen molar-refractivity contribution in [2.45, 2.75) is 38.5 Å². The molecule has 0 radical (unpaired) electrons. The van der Waals surface area contributed by atoms with Crippen molar-refractivity contribution < 1.29 is 4.79 Å². The smallest absolute Gasteiger partial charge is 0.159 e. The van der Waals surface area contributed by atoms with Crippen LogP contribution in [0.1, 0.15) is 38.5 Å². The van der Waals surface area contributed by atoms with Crippen molar-refractivity contribution in [3.05, 3.63) is 23.3 Å². The average molecular weight is 162 g/mol. The summed E-state index contributed by atoms with van der Waals surface area (Å²) in [6.07, 6.45) is 10.8. The second kappa shape index (κ2) is 3.26. The van der Waals surface area contributed by atoms with Crippen LogP contribution in [0.3, 0.4) is 0 Å². The Morgan fingerprint density at radius 2 is 1.75 bits per heavy atom. The summed E-state index contributed by atoms with van der Waals surface area (Å²) in [5, 5.41) is 0. The Labute approximate surface area is 73.2 Å². The first-order valence-electron chi connectivity index (χ1n) is 4.79. The molecule has 1 saturated carbocycles. The normalized spacial score (nSPS) is 23.8. The Hall–Kier alpha value is -0.850. The maximum Gasteiger partial charge on any atom is 0.159 e. The number of allylic oxidation sites excluding steroid dienone is 4. The van der Waals surface area contributed by atoms with E-state index in [1.807, 2.05) is 6.08 Å². The molecule has 0 aliphatic heterocycles. The van der Waals surface area contributed by atoms with Gasteiger partial charge >= 0.3 is 0 Å². The molecule has 0 heterocycles. The zero-order valence-electron chi connectivity index (χ0n) is 7.31. The lowest BCUT2D eigenvalue weighted by molar-refractivity contribution is -0.114. The van der Waals surface area contributed by atoms with Gasteiger partial charge in [0.15, 0.2) is 5.78 Å². The van der Waals surface area contributed by atoms with Gasteiger partial charge in [-0.05, 0) is 42.9 Å². The first kappa shape index (κ1) is 7.78. The van der Waals surface area contributed by atoms with E-state index in [0.29, 0.717) is 6.42 Å². The topological polar surface area (TPSA) is 17.1 Å². The number of ketones is 1. The fourth-order valence-electron chi connectivity index (χ4n) is 2.00. The van der Waals surface area contributed by atoms with Crippen molar-refractivity contribution in [2.24, 2.45) is 0 Å². The first-order valence-corrected chi connectivity index (χ1v) is 4.79. The molecular formula is C11H14O. The molecule has 2 aliphatic carbocycles. The van der Waals surface area contributed by atoms with Crippen LogP contribution in [0, 0.1) is 0 Å². The molecule has 2 aliphatic rings. The number of hydrogen-bond donors (Lipinski definition) is 0. The predicted octanol–water partition coefficient (Wildman–Crippen LogP) is 2.78. The van der Waals surface area contributed by atoms with Gasteiger partial charge < -0.3 is 0 Å². The van der Waals surface area contributed by atoms with Crippen molar-refractivity contribution in [2.75, 3.05) is 0 Å². The van der Waals surface area contributed by atoms with Gasteiger partial charge in [0.2, 0.25) is 0 Å². The van der Waals surface area contributed by atoms with Crippen molar-refractivity contribution in [3.63, 3.8) is 0 Å². The van der Waals surface area contributed by atoms with Crippen LogP contribution >= 0.6 is 0 Å². The van der Waals surface area contributed by atoms with Crippen LogP contribution in [0.5, 0.6) is 0 Å². The van der Waals surface area contributed by atoms with Crippen LogP contribution in [0.25, 0.3) is 0 Å². The monoisotopic (exact) mass is 162 g/mol. The summed E-state index contributed by atoms with van der Waals surface area (Å²) >= 11 is 0. The Morgan fingerprint density at radius 3 is 2.58 bits per heavy atom. The minimum absolute atomic E-state index is 0.288. The molecule has 64 valence electrons. The van der Waals surface area contributed by atoms with Gasteiger partial charge in [0.05, 0.1) is 0 Å². The zero-order valence-corrected chi connectivity index (χ0v) is 7.31. The van der Waals surface area contributed by atoms with E-state index in [9.17, 15) is 4.79 Å². The highest BCUT2D eigenvalue weighted by molar-refractivity contribution is 5.93. The summed E-state index contributed by atoms with van der Waals surface area (Å²) < 4.78 is 0. The molecule has 0 bridgehead atoms. The van der Waals surface area contributed by atoms with Gasteiger partial charge in [-0.3, -0.25) is 4.79 Å². The number of rotatable bonds is 0. The Morgan fingerprint density at radius 1 is 1.00 bits per heavy atom. The van der Waals surface area contributed by atoms with E-state index in [1.165, 1.54) is 36.8 Å². The standard InChI is InChI=1S/C11H14O/c12-11-7-6-9-4-2-1-3-5-10(9)8-11/h6,8H,1-5,7H2. The molecule has 1 fully saturated rings. The first-order chi connectivity index (χ1) is 5.86. The zero-order chi connectivity index (χ0) is 8.39. The van der Waals surface area contributed by atoms with Gasteiger partial charge in [-0.25, -0.2) is 0 Å². The number of fused-ring (bicyclic) bond motifs is 1. The van der Waals surface area contributed by atoms with Crippen molar-refractivity contribution in [1.29, 1.82) is 0 Å². The van der Waals surface area contributed by atoms with Crippen LogP contribution in [0.4, 0.5) is 0 Å². The van der Waals surface area contributed by atoms with E-state index in [2.05, 4.69) is 6.08 Å². The van der Waals surface area contributed by atoms with E-state index in [4.69, 9.17) is 0 Å². The molecule has 0 amide bonds. The highest BCUT2D eigenvalue weighted by atomic mass is 16.1. The molecule has 0 N–H and O–H groups in total. The molecule has 0 saturated heterocycles. The fraction of sp³-hybridized carbons (Fsp3) is 0.545. The second-order valence-electron chi connectivity index (χ2n) is 3.63. The summed E-state index contributed by atoms with van der Waals surface area (Å²) in [7, 11) is 0. The number of carbonyl (C=O) groups is 1. The summed E-state index contributed by atoms with van der Waals surface area (Å²) in [6.45, 7) is 0. The molecule has 0 aromatic rings. The van der Waals surface area contributed by atoms with Crippen LogP contribution in [-0.4, -0.2) is 5.78 Å². The quantitative estimate of drug-likeness (QED) is 0.535. The molecule has 0 aromatic heterocycles. The lowest BCUT2D eigenvalue weighted by Crippen LogP contribution is -2.01. The summed E-state index contributed by atoms with van der Waals surface area (Å²) in [4.78, 5) is 11.1. The summed E-state index contributed by atoms with van der Waals surface area (Å²) in [5.41, 5.74) is 2.77. The summed E-state index contributed by atoms with van der Waals surface area (Å²) in [5.74, 6) is 0.288. The average Bonchev–Trinajstić information content (AvgIpc) is 2.28. The lowest BCUT2D eigenvalue weighted by Gasteiger charge is -2.11. The van der Waals surface area contributed by atoms with Gasteiger partial charge in [0.25, 0.3) is 0 Å². The minimum atomic E-state index is 0.288. The largest absolute Gasteiger partial charge is 0.295 e. The third kappa shape index (κ3) is 1.50. The highest BCUT2D eigenvalue weighted by Crippen LogP contribution is 2.30. The van der Waals surface area contributed by atoms with E-state index in [-0.39, 0.29) is 5.78 Å². The second-order valence-corrected chi connectivity index (χ2v) is 3.63. The van der Waals surface area contributed by atoms with Crippen LogP contribution in [0.15, 0.2) is 23.3 Å². The van der Waals surface area contributed by atoms with E-state index in [0.717, 1.165) is 6.42 Å². The van der Waals surface area contributed by atoms with E-state index < -0.39 is 0 Å². The third-order valence-electron chi connectivity index (χ3n) is 2.69. The van der Waals surface area contributed by atoms with Crippen molar-refractivity contribution in [1.82, 2.24) is 0 Å². The molecule has 0 spiro atoms. The van der Waals surface area contributed by atoms with Gasteiger partial charge in [-0.2, -0.15) is 0 Å². The van der Waals surface area contributed by atoms with Crippen LogP contribution in [0.2, 0.25) is 0 Å².